The molecule has 0 aromatic heterocycles. The second-order valence-corrected chi connectivity index (χ2v) is 3.04. The number of hydrogen-bond donors (Lipinski definition) is 1. The Hall–Kier alpha value is -0.300. The Bertz CT molecular complexity index is 88.7. The molecule has 0 bridgehead atoms. The molecule has 10 heavy (non-hydrogen) atoms. The predicted octanol–water partition coefficient (Wildman–Crippen LogP) is 2.05. The van der Waals surface area contributed by atoms with Crippen LogP contribution in [0.4, 0.5) is 0 Å². The lowest BCUT2D eigenvalue weighted by Gasteiger charge is -2.17. The van der Waals surface area contributed by atoms with Crippen LogP contribution in [0.15, 0.2) is 12.7 Å². The van der Waals surface area contributed by atoms with Gasteiger partial charge in [-0.15, -0.1) is 6.58 Å². The summed E-state index contributed by atoms with van der Waals surface area (Å²) in [6.45, 7) is 9.36. The fraction of sp³-hybridized carbons (Fsp3) is 0.778. The minimum Gasteiger partial charge on any atom is -0.319 e. The summed E-state index contributed by atoms with van der Waals surface area (Å²) in [6.07, 6.45) is 3.12. The van der Waals surface area contributed by atoms with Gasteiger partial charge in [0.1, 0.15) is 0 Å². The molecule has 1 N–H and O–H groups in total. The number of hydrogen-bond acceptors (Lipinski definition) is 1. The van der Waals surface area contributed by atoms with E-state index >= 15 is 0 Å². The SMILES string of the molecule is C=CCC(C)C(C)CNC. The van der Waals surface area contributed by atoms with Crippen molar-refractivity contribution in [2.24, 2.45) is 11.8 Å². The van der Waals surface area contributed by atoms with E-state index in [1.165, 1.54) is 0 Å². The largest absolute Gasteiger partial charge is 0.319 e. The van der Waals surface area contributed by atoms with Crippen molar-refractivity contribution in [2.75, 3.05) is 13.6 Å². The van der Waals surface area contributed by atoms with E-state index in [9.17, 15) is 0 Å². The van der Waals surface area contributed by atoms with Crippen LogP contribution in [-0.2, 0) is 0 Å². The summed E-state index contributed by atoms with van der Waals surface area (Å²) in [5.41, 5.74) is 0. The van der Waals surface area contributed by atoms with Crippen molar-refractivity contribution in [3.8, 4) is 0 Å². The molecule has 0 amide bonds. The molecule has 0 aromatic rings. The van der Waals surface area contributed by atoms with Crippen molar-refractivity contribution in [3.05, 3.63) is 12.7 Å². The van der Waals surface area contributed by atoms with Gasteiger partial charge in [-0.25, -0.2) is 0 Å². The van der Waals surface area contributed by atoms with E-state index in [0.29, 0.717) is 0 Å². The highest BCUT2D eigenvalue weighted by Crippen LogP contribution is 2.13. The first-order valence-corrected chi connectivity index (χ1v) is 3.97. The summed E-state index contributed by atoms with van der Waals surface area (Å²) in [5.74, 6) is 1.51. The van der Waals surface area contributed by atoms with E-state index in [1.807, 2.05) is 13.1 Å². The number of rotatable bonds is 5. The summed E-state index contributed by atoms with van der Waals surface area (Å²) in [4.78, 5) is 0. The monoisotopic (exact) mass is 141 g/mol. The predicted molar refractivity (Wildman–Crippen MR) is 47.1 cm³/mol. The normalized spacial score (nSPS) is 16.3. The zero-order valence-electron chi connectivity index (χ0n) is 7.35. The van der Waals surface area contributed by atoms with Gasteiger partial charge in [0.2, 0.25) is 0 Å². The van der Waals surface area contributed by atoms with Gasteiger partial charge in [-0.05, 0) is 31.8 Å². The third-order valence-corrected chi connectivity index (χ3v) is 2.04. The Morgan fingerprint density at radius 3 is 2.40 bits per heavy atom. The summed E-state index contributed by atoms with van der Waals surface area (Å²) >= 11 is 0. The molecule has 0 aromatic carbocycles. The van der Waals surface area contributed by atoms with Gasteiger partial charge in [-0.2, -0.15) is 0 Å². The lowest BCUT2D eigenvalue weighted by Crippen LogP contribution is -2.21. The van der Waals surface area contributed by atoms with Gasteiger partial charge >= 0.3 is 0 Å². The minimum atomic E-state index is 0.753. The maximum Gasteiger partial charge on any atom is -0.00235 e. The first-order valence-electron chi connectivity index (χ1n) is 3.97. The van der Waals surface area contributed by atoms with Gasteiger partial charge in [-0.1, -0.05) is 19.9 Å². The standard InChI is InChI=1S/C9H19N/c1-5-6-8(2)9(3)7-10-4/h5,8-10H,1,6-7H2,2-4H3. The Kier molecular flexibility index (Phi) is 5.32. The number of nitrogens with one attached hydrogen (secondary N) is 1. The van der Waals surface area contributed by atoms with Gasteiger partial charge in [0.05, 0.1) is 0 Å². The molecule has 2 unspecified atom stereocenters. The highest BCUT2D eigenvalue weighted by molar-refractivity contribution is 4.74. The summed E-state index contributed by atoms with van der Waals surface area (Å²) in [7, 11) is 2.00. The first-order chi connectivity index (χ1) is 4.72. The molecule has 60 valence electrons. The summed E-state index contributed by atoms with van der Waals surface area (Å²) in [5, 5.41) is 3.17. The van der Waals surface area contributed by atoms with Crippen LogP contribution >= 0.6 is 0 Å². The quantitative estimate of drug-likeness (QED) is 0.578. The Morgan fingerprint density at radius 2 is 2.00 bits per heavy atom. The van der Waals surface area contributed by atoms with Crippen LogP contribution in [0.3, 0.4) is 0 Å². The molecule has 0 radical (unpaired) electrons. The molecule has 0 aliphatic rings. The van der Waals surface area contributed by atoms with Crippen LogP contribution in [0.1, 0.15) is 20.3 Å². The average molecular weight is 141 g/mol. The highest BCUT2D eigenvalue weighted by atomic mass is 14.8. The van der Waals surface area contributed by atoms with Crippen molar-refractivity contribution in [1.82, 2.24) is 5.32 Å². The third-order valence-electron chi connectivity index (χ3n) is 2.04. The van der Waals surface area contributed by atoms with Crippen molar-refractivity contribution < 1.29 is 0 Å². The van der Waals surface area contributed by atoms with Crippen LogP contribution < -0.4 is 5.32 Å². The van der Waals surface area contributed by atoms with Crippen LogP contribution in [0.2, 0.25) is 0 Å². The fourth-order valence-corrected chi connectivity index (χ4v) is 1.02. The molecule has 0 rings (SSSR count). The van der Waals surface area contributed by atoms with Crippen molar-refractivity contribution in [1.29, 1.82) is 0 Å². The maximum atomic E-state index is 3.72. The molecule has 1 nitrogen and oxygen atoms in total. The van der Waals surface area contributed by atoms with Crippen LogP contribution in [0, 0.1) is 11.8 Å². The van der Waals surface area contributed by atoms with Crippen LogP contribution in [-0.4, -0.2) is 13.6 Å². The maximum absolute atomic E-state index is 3.72. The van der Waals surface area contributed by atoms with Gasteiger partial charge in [0.25, 0.3) is 0 Å². The second-order valence-electron chi connectivity index (χ2n) is 3.04. The van der Waals surface area contributed by atoms with Gasteiger partial charge in [0.15, 0.2) is 0 Å². The van der Waals surface area contributed by atoms with Gasteiger partial charge in [0, 0.05) is 0 Å². The second kappa shape index (κ2) is 5.48. The highest BCUT2D eigenvalue weighted by Gasteiger charge is 2.08. The smallest absolute Gasteiger partial charge is 0.00235 e. The average Bonchev–Trinajstić information content (AvgIpc) is 1.89. The lowest BCUT2D eigenvalue weighted by molar-refractivity contribution is 0.380. The molecule has 2 atom stereocenters. The van der Waals surface area contributed by atoms with E-state index in [1.54, 1.807) is 0 Å². The van der Waals surface area contributed by atoms with Crippen LogP contribution in [0.25, 0.3) is 0 Å². The molecule has 0 spiro atoms. The molecule has 1 heteroatoms. The van der Waals surface area contributed by atoms with E-state index < -0.39 is 0 Å². The van der Waals surface area contributed by atoms with Crippen molar-refractivity contribution in [2.45, 2.75) is 20.3 Å². The van der Waals surface area contributed by atoms with E-state index in [4.69, 9.17) is 0 Å². The van der Waals surface area contributed by atoms with E-state index in [-0.39, 0.29) is 0 Å². The Labute approximate surface area is 64.5 Å². The molecular weight excluding hydrogens is 122 g/mol. The van der Waals surface area contributed by atoms with Gasteiger partial charge in [-0.3, -0.25) is 0 Å². The number of allylic oxidation sites excluding steroid dienone is 1. The third kappa shape index (κ3) is 3.67. The summed E-state index contributed by atoms with van der Waals surface area (Å²) in [6, 6.07) is 0. The molecule has 0 aliphatic heterocycles. The van der Waals surface area contributed by atoms with E-state index in [0.717, 1.165) is 24.8 Å². The molecule has 0 saturated carbocycles. The zero-order chi connectivity index (χ0) is 7.98. The Balaban J connectivity index is 3.47. The minimum absolute atomic E-state index is 0.753. The molecule has 0 saturated heterocycles. The zero-order valence-corrected chi connectivity index (χ0v) is 7.35. The topological polar surface area (TPSA) is 12.0 Å². The first kappa shape index (κ1) is 9.70. The molecule has 0 heterocycles. The molecule has 0 fully saturated rings. The van der Waals surface area contributed by atoms with Crippen molar-refractivity contribution >= 4 is 0 Å². The molecule has 0 aliphatic carbocycles. The van der Waals surface area contributed by atoms with E-state index in [2.05, 4.69) is 25.7 Å². The Morgan fingerprint density at radius 1 is 1.40 bits per heavy atom. The van der Waals surface area contributed by atoms with Crippen molar-refractivity contribution in [3.63, 3.8) is 0 Å². The lowest BCUT2D eigenvalue weighted by atomic mass is 9.93. The van der Waals surface area contributed by atoms with Gasteiger partial charge < -0.3 is 5.32 Å². The summed E-state index contributed by atoms with van der Waals surface area (Å²) < 4.78 is 0. The molecular formula is C9H19N. The van der Waals surface area contributed by atoms with Crippen LogP contribution in [0.5, 0.6) is 0 Å². The fourth-order valence-electron chi connectivity index (χ4n) is 1.02.